The number of rotatable bonds is 3. The average Bonchev–Trinajstić information content (AvgIpc) is 3.00. The maximum absolute atomic E-state index is 12.6. The number of nitrogens with two attached hydrogens (primary N) is 1. The number of nitrogen functional groups attached to an aromatic ring is 1. The standard InChI is InChI=1S/C18H24N6O3.C2H6/c1-12(2)13-4-6-14(7-5-13)20-18(26)24-9-3-8-23(10-11-24)17(25)15-16(19)22-27-21-15;1-2/h4-7,12H,3,8-11H2,1-2H3,(H2,19,22)(H,20,26);1-2H3. The fourth-order valence-corrected chi connectivity index (χ4v) is 2.97. The monoisotopic (exact) mass is 402 g/mol. The van der Waals surface area contributed by atoms with Crippen LogP contribution in [0.25, 0.3) is 0 Å². The minimum absolute atomic E-state index is 0.0122. The summed E-state index contributed by atoms with van der Waals surface area (Å²) in [5.74, 6) is 0.0850. The van der Waals surface area contributed by atoms with E-state index in [1.165, 1.54) is 5.56 Å². The van der Waals surface area contributed by atoms with Crippen LogP contribution in [-0.2, 0) is 0 Å². The van der Waals surface area contributed by atoms with Crippen molar-refractivity contribution >= 4 is 23.4 Å². The molecule has 2 aromatic rings. The van der Waals surface area contributed by atoms with Crippen molar-refractivity contribution in [1.29, 1.82) is 0 Å². The van der Waals surface area contributed by atoms with Crippen molar-refractivity contribution in [2.75, 3.05) is 37.2 Å². The number of hydrogen-bond acceptors (Lipinski definition) is 6. The SMILES string of the molecule is CC.CC(C)c1ccc(NC(=O)N2CCCN(C(=O)c3nonc3N)CC2)cc1. The highest BCUT2D eigenvalue weighted by Crippen LogP contribution is 2.18. The maximum Gasteiger partial charge on any atom is 0.321 e. The van der Waals surface area contributed by atoms with Gasteiger partial charge in [0.15, 0.2) is 0 Å². The lowest BCUT2D eigenvalue weighted by molar-refractivity contribution is 0.0752. The predicted octanol–water partition coefficient (Wildman–Crippen LogP) is 3.18. The van der Waals surface area contributed by atoms with Gasteiger partial charge in [-0.25, -0.2) is 9.42 Å². The van der Waals surface area contributed by atoms with E-state index in [1.54, 1.807) is 9.80 Å². The van der Waals surface area contributed by atoms with Gasteiger partial charge in [-0.15, -0.1) is 0 Å². The van der Waals surface area contributed by atoms with Crippen molar-refractivity contribution in [3.05, 3.63) is 35.5 Å². The predicted molar refractivity (Wildman–Crippen MR) is 112 cm³/mol. The summed E-state index contributed by atoms with van der Waals surface area (Å²) in [5.41, 5.74) is 7.57. The highest BCUT2D eigenvalue weighted by molar-refractivity contribution is 5.96. The van der Waals surface area contributed by atoms with Crippen LogP contribution in [0.3, 0.4) is 0 Å². The van der Waals surface area contributed by atoms with E-state index in [0.29, 0.717) is 38.5 Å². The van der Waals surface area contributed by atoms with Gasteiger partial charge >= 0.3 is 6.03 Å². The molecule has 1 aromatic carbocycles. The fourth-order valence-electron chi connectivity index (χ4n) is 2.97. The molecule has 1 aliphatic rings. The molecule has 0 spiro atoms. The second-order valence-electron chi connectivity index (χ2n) is 6.84. The molecule has 3 N–H and O–H groups in total. The second kappa shape index (κ2) is 10.4. The van der Waals surface area contributed by atoms with Gasteiger partial charge in [0.2, 0.25) is 11.5 Å². The van der Waals surface area contributed by atoms with E-state index in [1.807, 2.05) is 38.1 Å². The third kappa shape index (κ3) is 5.69. The summed E-state index contributed by atoms with van der Waals surface area (Å²) in [6, 6.07) is 7.66. The summed E-state index contributed by atoms with van der Waals surface area (Å²) >= 11 is 0. The summed E-state index contributed by atoms with van der Waals surface area (Å²) in [6.45, 7) is 10.1. The molecule has 3 rings (SSSR count). The Morgan fingerprint density at radius 1 is 1.03 bits per heavy atom. The molecule has 3 amide bonds. The van der Waals surface area contributed by atoms with Gasteiger partial charge in [0.25, 0.3) is 5.91 Å². The summed E-state index contributed by atoms with van der Waals surface area (Å²) in [6.07, 6.45) is 0.663. The molecule has 0 saturated carbocycles. The molecule has 1 fully saturated rings. The summed E-state index contributed by atoms with van der Waals surface area (Å²) in [4.78, 5) is 28.3. The number of nitrogens with zero attached hydrogens (tertiary/aromatic N) is 4. The molecule has 1 aromatic heterocycles. The highest BCUT2D eigenvalue weighted by atomic mass is 16.6. The highest BCUT2D eigenvalue weighted by Gasteiger charge is 2.26. The summed E-state index contributed by atoms with van der Waals surface area (Å²) in [7, 11) is 0. The summed E-state index contributed by atoms with van der Waals surface area (Å²) in [5, 5.41) is 9.90. The Labute approximate surface area is 171 Å². The zero-order valence-electron chi connectivity index (χ0n) is 17.5. The molecule has 0 aliphatic carbocycles. The van der Waals surface area contributed by atoms with E-state index in [9.17, 15) is 9.59 Å². The van der Waals surface area contributed by atoms with Gasteiger partial charge in [0.05, 0.1) is 0 Å². The van der Waals surface area contributed by atoms with Gasteiger partial charge in [0, 0.05) is 31.9 Å². The van der Waals surface area contributed by atoms with Crippen LogP contribution in [0, 0.1) is 0 Å². The molecule has 1 aliphatic heterocycles. The van der Waals surface area contributed by atoms with Gasteiger partial charge in [-0.3, -0.25) is 4.79 Å². The molecule has 0 radical (unpaired) electrons. The smallest absolute Gasteiger partial charge is 0.321 e. The molecule has 0 atom stereocenters. The van der Waals surface area contributed by atoms with Gasteiger partial charge < -0.3 is 20.9 Å². The van der Waals surface area contributed by atoms with Crippen LogP contribution in [-0.4, -0.2) is 58.2 Å². The Bertz CT molecular complexity index is 803. The molecule has 0 bridgehead atoms. The zero-order valence-corrected chi connectivity index (χ0v) is 17.5. The molecular formula is C20H30N6O3. The molecule has 9 nitrogen and oxygen atoms in total. The van der Waals surface area contributed by atoms with Gasteiger partial charge in [-0.2, -0.15) is 0 Å². The first kappa shape index (κ1) is 22.2. The number of aromatic nitrogens is 2. The molecular weight excluding hydrogens is 372 g/mol. The minimum atomic E-state index is -0.333. The van der Waals surface area contributed by atoms with Crippen molar-refractivity contribution in [3.8, 4) is 0 Å². The van der Waals surface area contributed by atoms with E-state index in [0.717, 1.165) is 5.69 Å². The van der Waals surface area contributed by atoms with E-state index >= 15 is 0 Å². The Balaban J connectivity index is 0.00000145. The van der Waals surface area contributed by atoms with Crippen LogP contribution in [0.4, 0.5) is 16.3 Å². The van der Waals surface area contributed by atoms with Crippen LogP contribution in [0.1, 0.15) is 56.1 Å². The normalized spacial score (nSPS) is 14.1. The van der Waals surface area contributed by atoms with Gasteiger partial charge in [0.1, 0.15) is 0 Å². The third-order valence-electron chi connectivity index (χ3n) is 4.62. The lowest BCUT2D eigenvalue weighted by atomic mass is 10.0. The van der Waals surface area contributed by atoms with Crippen LogP contribution in [0.15, 0.2) is 28.9 Å². The van der Waals surface area contributed by atoms with Crippen molar-refractivity contribution < 1.29 is 14.2 Å². The van der Waals surface area contributed by atoms with Crippen LogP contribution in [0.2, 0.25) is 0 Å². The first-order valence-electron chi connectivity index (χ1n) is 9.99. The number of hydrogen-bond donors (Lipinski definition) is 2. The number of benzene rings is 1. The first-order valence-corrected chi connectivity index (χ1v) is 9.99. The van der Waals surface area contributed by atoms with E-state index in [2.05, 4.69) is 34.1 Å². The number of amides is 3. The summed E-state index contributed by atoms with van der Waals surface area (Å²) < 4.78 is 4.49. The van der Waals surface area contributed by atoms with Crippen LogP contribution < -0.4 is 11.1 Å². The molecule has 1 saturated heterocycles. The fraction of sp³-hybridized carbons (Fsp3) is 0.500. The average molecular weight is 402 g/mol. The van der Waals surface area contributed by atoms with E-state index in [-0.39, 0.29) is 23.5 Å². The maximum atomic E-state index is 12.6. The molecule has 29 heavy (non-hydrogen) atoms. The molecule has 0 unspecified atom stereocenters. The number of anilines is 2. The van der Waals surface area contributed by atoms with E-state index in [4.69, 9.17) is 5.73 Å². The second-order valence-corrected chi connectivity index (χ2v) is 6.84. The van der Waals surface area contributed by atoms with Crippen LogP contribution in [0.5, 0.6) is 0 Å². The Morgan fingerprint density at radius 3 is 2.24 bits per heavy atom. The van der Waals surface area contributed by atoms with Crippen LogP contribution >= 0.6 is 0 Å². The largest absolute Gasteiger partial charge is 0.379 e. The van der Waals surface area contributed by atoms with Crippen molar-refractivity contribution in [2.24, 2.45) is 0 Å². The van der Waals surface area contributed by atoms with Gasteiger partial charge in [-0.1, -0.05) is 39.8 Å². The lowest BCUT2D eigenvalue weighted by Crippen LogP contribution is -2.39. The number of carbonyl (C=O) groups excluding carboxylic acids is 2. The van der Waals surface area contributed by atoms with E-state index < -0.39 is 0 Å². The number of nitrogens with one attached hydrogen (secondary N) is 1. The molecule has 158 valence electrons. The van der Waals surface area contributed by atoms with Crippen molar-refractivity contribution in [2.45, 2.75) is 40.0 Å². The topological polar surface area (TPSA) is 118 Å². The number of urea groups is 1. The zero-order chi connectivity index (χ0) is 21.4. The first-order chi connectivity index (χ1) is 14.0. The Kier molecular flexibility index (Phi) is 7.99. The quantitative estimate of drug-likeness (QED) is 0.814. The minimum Gasteiger partial charge on any atom is -0.379 e. The molecule has 2 heterocycles. The number of carbonyl (C=O) groups is 2. The van der Waals surface area contributed by atoms with Crippen molar-refractivity contribution in [1.82, 2.24) is 20.1 Å². The lowest BCUT2D eigenvalue weighted by Gasteiger charge is -2.22. The Morgan fingerprint density at radius 2 is 1.66 bits per heavy atom. The Hall–Kier alpha value is -3.10. The van der Waals surface area contributed by atoms with Gasteiger partial charge in [-0.05, 0) is 40.3 Å². The van der Waals surface area contributed by atoms with Crippen molar-refractivity contribution in [3.63, 3.8) is 0 Å². The molecule has 9 heteroatoms. The third-order valence-corrected chi connectivity index (χ3v) is 4.62.